The molecular formula is C17H21N5O4. The lowest BCUT2D eigenvalue weighted by atomic mass is 9.88. The molecule has 2 heterocycles. The number of carboxylic acids is 1. The minimum absolute atomic E-state index is 0.0540. The van der Waals surface area contributed by atoms with E-state index in [-0.39, 0.29) is 18.4 Å². The van der Waals surface area contributed by atoms with Crippen molar-refractivity contribution < 1.29 is 19.4 Å². The number of hydrogen-bond acceptors (Lipinski definition) is 6. The van der Waals surface area contributed by atoms with Crippen LogP contribution in [0.15, 0.2) is 30.6 Å². The highest BCUT2D eigenvalue weighted by molar-refractivity contribution is 5.79. The van der Waals surface area contributed by atoms with Gasteiger partial charge in [-0.2, -0.15) is 0 Å². The van der Waals surface area contributed by atoms with Gasteiger partial charge in [0.15, 0.2) is 0 Å². The van der Waals surface area contributed by atoms with Crippen LogP contribution in [0.5, 0.6) is 5.75 Å². The molecule has 9 nitrogen and oxygen atoms in total. The van der Waals surface area contributed by atoms with E-state index in [1.165, 1.54) is 6.33 Å². The number of tetrazole rings is 1. The van der Waals surface area contributed by atoms with Gasteiger partial charge in [-0.05, 0) is 28.5 Å². The van der Waals surface area contributed by atoms with E-state index in [2.05, 4.69) is 15.5 Å². The third-order valence-electron chi connectivity index (χ3n) is 4.70. The van der Waals surface area contributed by atoms with Crippen LogP contribution in [-0.4, -0.2) is 62.3 Å². The molecule has 26 heavy (non-hydrogen) atoms. The minimum atomic E-state index is -0.898. The van der Waals surface area contributed by atoms with Crippen molar-refractivity contribution in [1.29, 1.82) is 0 Å². The minimum Gasteiger partial charge on any atom is -0.496 e. The van der Waals surface area contributed by atoms with E-state index in [1.807, 2.05) is 24.3 Å². The fourth-order valence-corrected chi connectivity index (χ4v) is 3.38. The maximum Gasteiger partial charge on any atom is 0.308 e. The smallest absolute Gasteiger partial charge is 0.308 e. The number of ether oxygens (including phenoxy) is 1. The third-order valence-corrected chi connectivity index (χ3v) is 4.70. The summed E-state index contributed by atoms with van der Waals surface area (Å²) in [4.78, 5) is 25.9. The predicted molar refractivity (Wildman–Crippen MR) is 90.5 cm³/mol. The number of methoxy groups -OCH3 is 1. The molecule has 0 radical (unpaired) electrons. The molecule has 2 aromatic rings. The Morgan fingerprint density at radius 3 is 2.81 bits per heavy atom. The first-order valence-electron chi connectivity index (χ1n) is 8.44. The summed E-state index contributed by atoms with van der Waals surface area (Å²) in [7, 11) is 1.56. The third kappa shape index (κ3) is 3.81. The molecule has 3 rings (SSSR count). The lowest BCUT2D eigenvalue weighted by Crippen LogP contribution is -2.29. The number of carbonyl (C=O) groups excluding carboxylic acids is 1. The van der Waals surface area contributed by atoms with E-state index in [1.54, 1.807) is 16.7 Å². The molecular weight excluding hydrogens is 338 g/mol. The quantitative estimate of drug-likeness (QED) is 0.778. The van der Waals surface area contributed by atoms with Crippen molar-refractivity contribution >= 4 is 11.9 Å². The molecule has 1 amide bonds. The number of benzene rings is 1. The molecule has 1 saturated heterocycles. The van der Waals surface area contributed by atoms with Gasteiger partial charge in [0.05, 0.1) is 13.0 Å². The molecule has 1 aliphatic rings. The summed E-state index contributed by atoms with van der Waals surface area (Å²) in [6, 6.07) is 7.37. The first kappa shape index (κ1) is 17.8. The van der Waals surface area contributed by atoms with Crippen molar-refractivity contribution in [2.24, 2.45) is 5.92 Å². The van der Waals surface area contributed by atoms with Gasteiger partial charge in [0.2, 0.25) is 5.91 Å². The molecule has 1 fully saturated rings. The van der Waals surface area contributed by atoms with E-state index in [4.69, 9.17) is 4.74 Å². The Morgan fingerprint density at radius 2 is 2.12 bits per heavy atom. The Hall–Kier alpha value is -2.97. The van der Waals surface area contributed by atoms with Crippen LogP contribution in [0.4, 0.5) is 0 Å². The molecule has 1 N–H and O–H groups in total. The van der Waals surface area contributed by atoms with E-state index in [0.29, 0.717) is 31.7 Å². The summed E-state index contributed by atoms with van der Waals surface area (Å²) in [5.74, 6) is -1.23. The van der Waals surface area contributed by atoms with Crippen molar-refractivity contribution in [2.75, 3.05) is 20.2 Å². The molecule has 2 atom stereocenters. The average molecular weight is 359 g/mol. The van der Waals surface area contributed by atoms with Gasteiger partial charge in [-0.25, -0.2) is 4.68 Å². The summed E-state index contributed by atoms with van der Waals surface area (Å²) in [6.45, 7) is 1.13. The molecule has 1 aromatic carbocycles. The number of rotatable bonds is 7. The van der Waals surface area contributed by atoms with Crippen LogP contribution in [0.25, 0.3) is 0 Å². The Morgan fingerprint density at radius 1 is 1.31 bits per heavy atom. The van der Waals surface area contributed by atoms with Gasteiger partial charge >= 0.3 is 5.97 Å². The van der Waals surface area contributed by atoms with Crippen molar-refractivity contribution in [1.82, 2.24) is 25.1 Å². The average Bonchev–Trinajstić information content (AvgIpc) is 3.31. The number of aromatic nitrogens is 4. The van der Waals surface area contributed by atoms with E-state index < -0.39 is 11.9 Å². The van der Waals surface area contributed by atoms with Crippen LogP contribution in [0.2, 0.25) is 0 Å². The lowest BCUT2D eigenvalue weighted by molar-refractivity contribution is -0.141. The Kier molecular flexibility index (Phi) is 5.45. The molecule has 0 bridgehead atoms. The normalized spacial score (nSPS) is 19.5. The fourth-order valence-electron chi connectivity index (χ4n) is 3.38. The van der Waals surface area contributed by atoms with E-state index in [9.17, 15) is 14.7 Å². The van der Waals surface area contributed by atoms with Crippen LogP contribution >= 0.6 is 0 Å². The first-order valence-corrected chi connectivity index (χ1v) is 8.44. The van der Waals surface area contributed by atoms with Crippen LogP contribution in [-0.2, 0) is 16.1 Å². The zero-order chi connectivity index (χ0) is 18.5. The van der Waals surface area contributed by atoms with Gasteiger partial charge in [0.25, 0.3) is 0 Å². The van der Waals surface area contributed by atoms with Crippen LogP contribution in [0, 0.1) is 5.92 Å². The molecule has 0 saturated carbocycles. The van der Waals surface area contributed by atoms with Crippen LogP contribution in [0.1, 0.15) is 24.3 Å². The standard InChI is InChI=1S/C17H21N5O4/c1-26-15-6-3-2-5-12(15)13-9-21(10-14(13)17(24)25)16(23)7-4-8-22-11-18-19-20-22/h2-3,5-6,11,13-14H,4,7-10H2,1H3,(H,24,25)/t13-,14+/m0/s1. The monoisotopic (exact) mass is 359 g/mol. The molecule has 9 heteroatoms. The van der Waals surface area contributed by atoms with Gasteiger partial charge in [0.1, 0.15) is 12.1 Å². The highest BCUT2D eigenvalue weighted by Gasteiger charge is 2.41. The summed E-state index contributed by atoms with van der Waals surface area (Å²) < 4.78 is 6.93. The SMILES string of the molecule is COc1ccccc1[C@@H]1CN(C(=O)CCCn2cnnn2)C[C@H]1C(=O)O. The maximum absolute atomic E-state index is 12.5. The number of aryl methyl sites for hydroxylation is 1. The summed E-state index contributed by atoms with van der Waals surface area (Å²) >= 11 is 0. The van der Waals surface area contributed by atoms with Gasteiger partial charge in [-0.15, -0.1) is 5.10 Å². The van der Waals surface area contributed by atoms with Gasteiger partial charge in [-0.3, -0.25) is 9.59 Å². The Bertz CT molecular complexity index is 764. The van der Waals surface area contributed by atoms with E-state index >= 15 is 0 Å². The number of nitrogens with zero attached hydrogens (tertiary/aromatic N) is 5. The van der Waals surface area contributed by atoms with Crippen LogP contribution < -0.4 is 4.74 Å². The first-order chi connectivity index (χ1) is 12.6. The molecule has 0 spiro atoms. The summed E-state index contributed by atoms with van der Waals surface area (Å²) in [5.41, 5.74) is 0.825. The zero-order valence-corrected chi connectivity index (χ0v) is 14.5. The fraction of sp³-hybridized carbons (Fsp3) is 0.471. The number of carbonyl (C=O) groups is 2. The predicted octanol–water partition coefficient (Wildman–Crippen LogP) is 0.789. The molecule has 0 unspecified atom stereocenters. The van der Waals surface area contributed by atoms with Crippen molar-refractivity contribution in [3.8, 4) is 5.75 Å². The molecule has 1 aliphatic heterocycles. The van der Waals surface area contributed by atoms with Crippen LogP contribution in [0.3, 0.4) is 0 Å². The van der Waals surface area contributed by atoms with Gasteiger partial charge in [-0.1, -0.05) is 18.2 Å². The molecule has 0 aliphatic carbocycles. The zero-order valence-electron chi connectivity index (χ0n) is 14.5. The second-order valence-corrected chi connectivity index (χ2v) is 6.27. The van der Waals surface area contributed by atoms with Gasteiger partial charge < -0.3 is 14.7 Å². The number of amides is 1. The van der Waals surface area contributed by atoms with Crippen molar-refractivity contribution in [2.45, 2.75) is 25.3 Å². The second-order valence-electron chi connectivity index (χ2n) is 6.27. The van der Waals surface area contributed by atoms with Gasteiger partial charge in [0, 0.05) is 32.0 Å². The summed E-state index contributed by atoms with van der Waals surface area (Å²) in [6.07, 6.45) is 2.42. The number of carboxylic acid groups (broad SMARTS) is 1. The second kappa shape index (κ2) is 7.94. The molecule has 138 valence electrons. The lowest BCUT2D eigenvalue weighted by Gasteiger charge is -2.18. The van der Waals surface area contributed by atoms with Crippen molar-refractivity contribution in [3.05, 3.63) is 36.2 Å². The van der Waals surface area contributed by atoms with Crippen molar-refractivity contribution in [3.63, 3.8) is 0 Å². The topological polar surface area (TPSA) is 110 Å². The Labute approximate surface area is 150 Å². The van der Waals surface area contributed by atoms with E-state index in [0.717, 1.165) is 5.56 Å². The number of likely N-dealkylation sites (tertiary alicyclic amines) is 1. The number of aliphatic carboxylic acids is 1. The molecule has 1 aromatic heterocycles. The highest BCUT2D eigenvalue weighted by Crippen LogP contribution is 2.37. The largest absolute Gasteiger partial charge is 0.496 e. The number of para-hydroxylation sites is 1. The number of hydrogen-bond donors (Lipinski definition) is 1. The Balaban J connectivity index is 1.66. The highest BCUT2D eigenvalue weighted by atomic mass is 16.5. The maximum atomic E-state index is 12.5. The summed E-state index contributed by atoms with van der Waals surface area (Å²) in [5, 5.41) is 20.5.